The average molecular weight is 241 g/mol. The normalized spacial score (nSPS) is 18.0. The Balaban J connectivity index is 1.91. The van der Waals surface area contributed by atoms with Gasteiger partial charge >= 0.3 is 0 Å². The van der Waals surface area contributed by atoms with Gasteiger partial charge in [0.25, 0.3) is 0 Å². The van der Waals surface area contributed by atoms with Crippen molar-refractivity contribution in [2.45, 2.75) is 25.3 Å². The van der Waals surface area contributed by atoms with Crippen molar-refractivity contribution in [2.24, 2.45) is 5.73 Å². The minimum atomic E-state index is 0.353. The number of H-pyrrole nitrogens is 1. The fourth-order valence-electron chi connectivity index (χ4n) is 1.84. The summed E-state index contributed by atoms with van der Waals surface area (Å²) in [6, 6.07) is 0.353. The van der Waals surface area contributed by atoms with E-state index >= 15 is 0 Å². The lowest BCUT2D eigenvalue weighted by atomic mass is 10.1. The summed E-state index contributed by atoms with van der Waals surface area (Å²) < 4.78 is 0. The van der Waals surface area contributed by atoms with Gasteiger partial charge in [0.05, 0.1) is 0 Å². The van der Waals surface area contributed by atoms with Crippen LogP contribution in [0.4, 0.5) is 5.95 Å². The fourth-order valence-corrected chi connectivity index (χ4v) is 2.23. The predicted octanol–water partition coefficient (Wildman–Crippen LogP) is 0.638. The maximum Gasteiger partial charge on any atom is 0.244 e. The molecule has 0 amide bonds. The lowest BCUT2D eigenvalue weighted by molar-refractivity contribution is 0.496. The van der Waals surface area contributed by atoms with E-state index < -0.39 is 0 Å². The Morgan fingerprint density at radius 3 is 2.94 bits per heavy atom. The first-order valence-electron chi connectivity index (χ1n) is 5.70. The molecule has 90 valence electrons. The summed E-state index contributed by atoms with van der Waals surface area (Å²) in [7, 11) is 0. The number of piperidine rings is 1. The number of aromatic amines is 1. The van der Waals surface area contributed by atoms with Crippen LogP contribution in [0.15, 0.2) is 0 Å². The molecule has 1 fully saturated rings. The van der Waals surface area contributed by atoms with Crippen molar-refractivity contribution in [3.05, 3.63) is 5.82 Å². The Hall–Kier alpha value is -0.750. The van der Waals surface area contributed by atoms with Gasteiger partial charge in [-0.05, 0) is 19.1 Å². The van der Waals surface area contributed by atoms with Gasteiger partial charge in [-0.2, -0.15) is 16.7 Å². The van der Waals surface area contributed by atoms with Crippen LogP contribution in [-0.4, -0.2) is 46.3 Å². The van der Waals surface area contributed by atoms with Crippen LogP contribution in [0.5, 0.6) is 0 Å². The molecule has 0 unspecified atom stereocenters. The fraction of sp³-hybridized carbons (Fsp3) is 0.800. The smallest absolute Gasteiger partial charge is 0.244 e. The maximum absolute atomic E-state index is 5.87. The molecule has 1 aromatic rings. The minimum Gasteiger partial charge on any atom is -0.339 e. The van der Waals surface area contributed by atoms with Crippen molar-refractivity contribution in [2.75, 3.05) is 30.0 Å². The van der Waals surface area contributed by atoms with Gasteiger partial charge in [0.1, 0.15) is 5.82 Å². The molecule has 2 heterocycles. The standard InChI is InChI=1S/C10H19N5S/c1-16-7-4-9-12-10(14-13-9)15-5-2-8(11)3-6-15/h8H,2-7,11H2,1H3,(H,12,13,14). The molecule has 0 spiro atoms. The van der Waals surface area contributed by atoms with Crippen LogP contribution in [0.3, 0.4) is 0 Å². The first-order valence-corrected chi connectivity index (χ1v) is 7.09. The van der Waals surface area contributed by atoms with Gasteiger partial charge in [-0.1, -0.05) is 0 Å². The van der Waals surface area contributed by atoms with Gasteiger partial charge in [-0.3, -0.25) is 5.10 Å². The molecule has 1 saturated heterocycles. The van der Waals surface area contributed by atoms with Crippen LogP contribution in [0, 0.1) is 0 Å². The van der Waals surface area contributed by atoms with Crippen molar-refractivity contribution in [3.8, 4) is 0 Å². The van der Waals surface area contributed by atoms with Gasteiger partial charge < -0.3 is 10.6 Å². The molecule has 0 saturated carbocycles. The van der Waals surface area contributed by atoms with Gasteiger partial charge in [-0.25, -0.2) is 0 Å². The van der Waals surface area contributed by atoms with Crippen molar-refractivity contribution < 1.29 is 0 Å². The lowest BCUT2D eigenvalue weighted by Crippen LogP contribution is -2.40. The van der Waals surface area contributed by atoms with Crippen LogP contribution in [0.1, 0.15) is 18.7 Å². The van der Waals surface area contributed by atoms with E-state index in [0.717, 1.165) is 49.9 Å². The third-order valence-electron chi connectivity index (χ3n) is 2.89. The summed E-state index contributed by atoms with van der Waals surface area (Å²) in [5.74, 6) is 2.90. The summed E-state index contributed by atoms with van der Waals surface area (Å²) in [6.45, 7) is 1.95. The third-order valence-corrected chi connectivity index (χ3v) is 3.50. The maximum atomic E-state index is 5.87. The SMILES string of the molecule is CSCCc1nc(N2CCC(N)CC2)n[nH]1. The molecule has 2 rings (SSSR count). The first-order chi connectivity index (χ1) is 7.79. The number of aromatic nitrogens is 3. The van der Waals surface area contributed by atoms with E-state index in [1.54, 1.807) is 0 Å². The summed E-state index contributed by atoms with van der Waals surface area (Å²) in [5, 5.41) is 7.26. The van der Waals surface area contributed by atoms with Crippen LogP contribution >= 0.6 is 11.8 Å². The van der Waals surface area contributed by atoms with Crippen molar-refractivity contribution in [3.63, 3.8) is 0 Å². The van der Waals surface area contributed by atoms with Gasteiger partial charge in [0, 0.05) is 31.3 Å². The largest absolute Gasteiger partial charge is 0.339 e. The number of hydrogen-bond acceptors (Lipinski definition) is 5. The molecule has 0 aliphatic carbocycles. The van der Waals surface area contributed by atoms with E-state index in [1.807, 2.05) is 11.8 Å². The molecule has 0 aromatic carbocycles. The first kappa shape index (κ1) is 11.7. The van der Waals surface area contributed by atoms with Crippen LogP contribution in [0.25, 0.3) is 0 Å². The van der Waals surface area contributed by atoms with E-state index in [4.69, 9.17) is 5.73 Å². The van der Waals surface area contributed by atoms with Crippen molar-refractivity contribution >= 4 is 17.7 Å². The van der Waals surface area contributed by atoms with Crippen molar-refractivity contribution in [1.82, 2.24) is 15.2 Å². The number of rotatable bonds is 4. The highest BCUT2D eigenvalue weighted by molar-refractivity contribution is 7.98. The number of nitrogens with one attached hydrogen (secondary N) is 1. The zero-order valence-electron chi connectivity index (χ0n) is 9.65. The summed E-state index contributed by atoms with van der Waals surface area (Å²) >= 11 is 1.82. The Kier molecular flexibility index (Phi) is 4.06. The number of aryl methyl sites for hydroxylation is 1. The second-order valence-electron chi connectivity index (χ2n) is 4.15. The molecular formula is C10H19N5S. The average Bonchev–Trinajstić information content (AvgIpc) is 2.76. The second-order valence-corrected chi connectivity index (χ2v) is 5.13. The zero-order valence-corrected chi connectivity index (χ0v) is 10.5. The molecule has 5 nitrogen and oxygen atoms in total. The summed E-state index contributed by atoms with van der Waals surface area (Å²) in [6.07, 6.45) is 5.13. The number of hydrogen-bond donors (Lipinski definition) is 2. The Labute approximate surface area is 100 Å². The predicted molar refractivity (Wildman–Crippen MR) is 67.9 cm³/mol. The Morgan fingerprint density at radius 2 is 2.25 bits per heavy atom. The Morgan fingerprint density at radius 1 is 1.50 bits per heavy atom. The van der Waals surface area contributed by atoms with Gasteiger partial charge in [0.15, 0.2) is 0 Å². The molecule has 0 atom stereocenters. The van der Waals surface area contributed by atoms with E-state index in [0.29, 0.717) is 6.04 Å². The molecule has 16 heavy (non-hydrogen) atoms. The number of anilines is 1. The second kappa shape index (κ2) is 5.54. The van der Waals surface area contributed by atoms with E-state index in [9.17, 15) is 0 Å². The van der Waals surface area contributed by atoms with Crippen LogP contribution in [-0.2, 0) is 6.42 Å². The lowest BCUT2D eigenvalue weighted by Gasteiger charge is -2.28. The van der Waals surface area contributed by atoms with Gasteiger partial charge in [0.2, 0.25) is 5.95 Å². The molecule has 0 radical (unpaired) electrons. The van der Waals surface area contributed by atoms with E-state index in [2.05, 4.69) is 26.3 Å². The quantitative estimate of drug-likeness (QED) is 0.809. The monoisotopic (exact) mass is 241 g/mol. The van der Waals surface area contributed by atoms with Crippen LogP contribution < -0.4 is 10.6 Å². The topological polar surface area (TPSA) is 70.8 Å². The van der Waals surface area contributed by atoms with Crippen molar-refractivity contribution in [1.29, 1.82) is 0 Å². The van der Waals surface area contributed by atoms with Crippen LogP contribution in [0.2, 0.25) is 0 Å². The molecule has 1 aromatic heterocycles. The zero-order chi connectivity index (χ0) is 11.4. The molecule has 6 heteroatoms. The summed E-state index contributed by atoms with van der Waals surface area (Å²) in [5.41, 5.74) is 5.87. The highest BCUT2D eigenvalue weighted by atomic mass is 32.2. The molecule has 3 N–H and O–H groups in total. The number of nitrogens with two attached hydrogens (primary N) is 1. The Bertz CT molecular complexity index is 319. The molecule has 0 bridgehead atoms. The van der Waals surface area contributed by atoms with E-state index in [1.165, 1.54) is 0 Å². The number of nitrogens with zero attached hydrogens (tertiary/aromatic N) is 3. The highest BCUT2D eigenvalue weighted by Crippen LogP contribution is 2.15. The summed E-state index contributed by atoms with van der Waals surface area (Å²) in [4.78, 5) is 6.71. The third kappa shape index (κ3) is 2.89. The van der Waals surface area contributed by atoms with Gasteiger partial charge in [-0.15, -0.1) is 5.10 Å². The molecule has 1 aliphatic heterocycles. The molecular weight excluding hydrogens is 222 g/mol. The minimum absolute atomic E-state index is 0.353. The molecule has 1 aliphatic rings. The number of thioether (sulfide) groups is 1. The van der Waals surface area contributed by atoms with E-state index in [-0.39, 0.29) is 0 Å². The highest BCUT2D eigenvalue weighted by Gasteiger charge is 2.19.